The fourth-order valence-corrected chi connectivity index (χ4v) is 3.27. The third kappa shape index (κ3) is 2.48. The molecule has 0 aliphatic heterocycles. The van der Waals surface area contributed by atoms with Crippen LogP contribution in [-0.2, 0) is 16.3 Å². The van der Waals surface area contributed by atoms with Gasteiger partial charge in [-0.1, -0.05) is 0 Å². The first-order valence-corrected chi connectivity index (χ1v) is 7.54. The predicted octanol–water partition coefficient (Wildman–Crippen LogP) is 2.31. The van der Waals surface area contributed by atoms with Gasteiger partial charge in [-0.15, -0.1) is 0 Å². The first-order valence-electron chi connectivity index (χ1n) is 5.99. The van der Waals surface area contributed by atoms with Crippen LogP contribution in [0.15, 0.2) is 17.0 Å². The lowest BCUT2D eigenvalue weighted by atomic mass is 10.1. The Morgan fingerprint density at radius 3 is 2.57 bits per heavy atom. The Bertz CT molecular complexity index is 657. The summed E-state index contributed by atoms with van der Waals surface area (Å²) in [6.07, 6.45) is -3.43. The summed E-state index contributed by atoms with van der Waals surface area (Å²) < 4.78 is 80.8. The van der Waals surface area contributed by atoms with Gasteiger partial charge in [0, 0.05) is 17.5 Å². The summed E-state index contributed by atoms with van der Waals surface area (Å²) in [5.74, 6) is -7.44. The second-order valence-electron chi connectivity index (χ2n) is 4.53. The van der Waals surface area contributed by atoms with Gasteiger partial charge in [0.25, 0.3) is 5.92 Å². The molecule has 0 bridgehead atoms. The zero-order valence-electron chi connectivity index (χ0n) is 10.8. The van der Waals surface area contributed by atoms with Crippen molar-refractivity contribution in [3.05, 3.63) is 23.3 Å². The molecule has 1 N–H and O–H groups in total. The molecule has 21 heavy (non-hydrogen) atoms. The highest BCUT2D eigenvalue weighted by atomic mass is 32.2. The summed E-state index contributed by atoms with van der Waals surface area (Å²) >= 11 is 0. The largest absolute Gasteiger partial charge is 0.494 e. The molecule has 1 aromatic rings. The number of halogens is 4. The molecular weight excluding hydrogens is 316 g/mol. The maximum Gasteiger partial charge on any atom is 0.341 e. The number of ether oxygens (including phenoxy) is 1. The van der Waals surface area contributed by atoms with Gasteiger partial charge in [0.15, 0.2) is 0 Å². The highest BCUT2D eigenvalue weighted by Crippen LogP contribution is 2.49. The molecule has 2 rings (SSSR count). The first kappa shape index (κ1) is 16.0. The molecule has 0 fully saturated rings. The first-order chi connectivity index (χ1) is 9.63. The summed E-state index contributed by atoms with van der Waals surface area (Å²) in [7, 11) is -5.10. The highest BCUT2D eigenvalue weighted by molar-refractivity contribution is 7.91. The van der Waals surface area contributed by atoms with E-state index >= 15 is 0 Å². The number of sulfone groups is 1. The average molecular weight is 328 g/mol. The van der Waals surface area contributed by atoms with Crippen molar-refractivity contribution >= 4 is 9.84 Å². The van der Waals surface area contributed by atoms with Crippen LogP contribution in [0.5, 0.6) is 5.75 Å². The summed E-state index contributed by atoms with van der Waals surface area (Å²) in [4.78, 5) is -0.986. The number of hydrogen-bond donors (Lipinski definition) is 1. The van der Waals surface area contributed by atoms with Gasteiger partial charge in [0.05, 0.1) is 11.5 Å². The van der Waals surface area contributed by atoms with Gasteiger partial charge < -0.3 is 9.84 Å². The average Bonchev–Trinajstić information content (AvgIpc) is 2.62. The van der Waals surface area contributed by atoms with E-state index in [4.69, 9.17) is 4.74 Å². The van der Waals surface area contributed by atoms with Crippen molar-refractivity contribution in [3.8, 4) is 5.75 Å². The number of alkyl halides is 4. The molecule has 1 aromatic carbocycles. The zero-order chi connectivity index (χ0) is 16.0. The van der Waals surface area contributed by atoms with Crippen molar-refractivity contribution in [1.82, 2.24) is 0 Å². The fourth-order valence-electron chi connectivity index (χ4n) is 2.28. The van der Waals surface area contributed by atoms with Crippen molar-refractivity contribution in [2.75, 3.05) is 6.61 Å². The summed E-state index contributed by atoms with van der Waals surface area (Å²) in [6.45, 7) is 1.70. The van der Waals surface area contributed by atoms with E-state index in [2.05, 4.69) is 0 Å². The van der Waals surface area contributed by atoms with Gasteiger partial charge >= 0.3 is 5.76 Å². The maximum atomic E-state index is 13.6. The summed E-state index contributed by atoms with van der Waals surface area (Å²) in [5, 5.41) is 9.61. The number of aliphatic hydroxyl groups excluding tert-OH is 1. The van der Waals surface area contributed by atoms with Gasteiger partial charge in [-0.05, 0) is 19.1 Å². The van der Waals surface area contributed by atoms with Gasteiger partial charge in [0.2, 0.25) is 9.84 Å². The van der Waals surface area contributed by atoms with E-state index < -0.39 is 44.5 Å². The molecule has 0 saturated carbocycles. The molecule has 0 radical (unpaired) electrons. The molecule has 9 heteroatoms. The minimum Gasteiger partial charge on any atom is -0.494 e. The van der Waals surface area contributed by atoms with Crippen LogP contribution in [0.1, 0.15) is 24.2 Å². The number of fused-ring (bicyclic) bond motifs is 1. The van der Waals surface area contributed by atoms with Crippen LogP contribution in [-0.4, -0.2) is 31.8 Å². The van der Waals surface area contributed by atoms with Gasteiger partial charge in [-0.25, -0.2) is 17.2 Å². The monoisotopic (exact) mass is 328 g/mol. The minimum absolute atomic E-state index is 0.0445. The maximum absolute atomic E-state index is 13.6. The smallest absolute Gasteiger partial charge is 0.341 e. The fraction of sp³-hybridized carbons (Fsp3) is 0.500. The van der Waals surface area contributed by atoms with E-state index in [-0.39, 0.29) is 17.9 Å². The van der Waals surface area contributed by atoms with Crippen molar-refractivity contribution in [3.63, 3.8) is 0 Å². The zero-order valence-corrected chi connectivity index (χ0v) is 11.6. The van der Waals surface area contributed by atoms with E-state index in [1.54, 1.807) is 6.92 Å². The molecule has 0 aromatic heterocycles. The Labute approximate surface area is 118 Å². The van der Waals surface area contributed by atoms with E-state index in [9.17, 15) is 31.1 Å². The third-order valence-corrected chi connectivity index (χ3v) is 4.64. The second kappa shape index (κ2) is 5.13. The van der Waals surface area contributed by atoms with Crippen molar-refractivity contribution in [2.24, 2.45) is 0 Å². The quantitative estimate of drug-likeness (QED) is 0.862. The Morgan fingerprint density at radius 2 is 2.05 bits per heavy atom. The molecular formula is C12H12F4O4S. The van der Waals surface area contributed by atoms with Crippen molar-refractivity contribution < 1.29 is 35.8 Å². The number of benzene rings is 1. The number of hydrogen-bond acceptors (Lipinski definition) is 4. The molecule has 118 valence electrons. The normalized spacial score (nSPS) is 20.6. The highest BCUT2D eigenvalue weighted by Gasteiger charge is 2.51. The van der Waals surface area contributed by atoms with E-state index in [1.165, 1.54) is 0 Å². The summed E-state index contributed by atoms with van der Waals surface area (Å²) in [5.41, 5.74) is -0.956. The summed E-state index contributed by atoms with van der Waals surface area (Å²) in [6, 6.07) is 1.81. The van der Waals surface area contributed by atoms with E-state index in [1.807, 2.05) is 0 Å². The van der Waals surface area contributed by atoms with Crippen LogP contribution < -0.4 is 4.74 Å². The lowest BCUT2D eigenvalue weighted by Crippen LogP contribution is -2.23. The van der Waals surface area contributed by atoms with Gasteiger partial charge in [-0.2, -0.15) is 8.78 Å². The van der Waals surface area contributed by atoms with Gasteiger partial charge in [0.1, 0.15) is 11.9 Å². The molecule has 0 unspecified atom stereocenters. The SMILES string of the molecule is CCOc1ccc(S(=O)(=O)C(F)F)c2c1CC(F)(F)[C@H]2O. The van der Waals surface area contributed by atoms with E-state index in [0.29, 0.717) is 0 Å². The molecule has 1 aliphatic carbocycles. The third-order valence-electron chi connectivity index (χ3n) is 3.20. The number of aliphatic hydroxyl groups is 1. The Hall–Kier alpha value is -1.35. The molecule has 4 nitrogen and oxygen atoms in total. The van der Waals surface area contributed by atoms with Crippen LogP contribution in [0.25, 0.3) is 0 Å². The van der Waals surface area contributed by atoms with Crippen LogP contribution in [0, 0.1) is 0 Å². The predicted molar refractivity (Wildman–Crippen MR) is 64.4 cm³/mol. The Kier molecular flexibility index (Phi) is 3.92. The molecule has 0 saturated heterocycles. The van der Waals surface area contributed by atoms with Crippen LogP contribution in [0.4, 0.5) is 17.6 Å². The number of rotatable bonds is 4. The van der Waals surface area contributed by atoms with E-state index in [0.717, 1.165) is 12.1 Å². The second-order valence-corrected chi connectivity index (χ2v) is 6.42. The Balaban J connectivity index is 2.71. The lowest BCUT2D eigenvalue weighted by Gasteiger charge is -2.16. The van der Waals surface area contributed by atoms with Crippen molar-refractivity contribution in [1.29, 1.82) is 0 Å². The van der Waals surface area contributed by atoms with Crippen LogP contribution >= 0.6 is 0 Å². The molecule has 1 aliphatic rings. The molecule has 0 spiro atoms. The topological polar surface area (TPSA) is 63.6 Å². The van der Waals surface area contributed by atoms with Crippen molar-refractivity contribution in [2.45, 2.75) is 36.0 Å². The Morgan fingerprint density at radius 1 is 1.43 bits per heavy atom. The lowest BCUT2D eigenvalue weighted by molar-refractivity contribution is -0.0976. The molecule has 1 atom stereocenters. The molecule has 0 heterocycles. The molecule has 0 amide bonds. The van der Waals surface area contributed by atoms with Gasteiger partial charge in [-0.3, -0.25) is 0 Å². The standard InChI is InChI=1S/C12H12F4O4S/c1-2-20-7-3-4-8(21(18,19)11(13)14)9-6(7)5-12(15,16)10(9)17/h3-4,10-11,17H,2,5H2,1H3/t10-/m0/s1. The van der Waals surface area contributed by atoms with Crippen LogP contribution in [0.2, 0.25) is 0 Å². The van der Waals surface area contributed by atoms with Crippen LogP contribution in [0.3, 0.4) is 0 Å². The minimum atomic E-state index is -5.10.